The molecule has 1 amide bonds. The zero-order chi connectivity index (χ0) is 14.0. The molecule has 19 heavy (non-hydrogen) atoms. The molecule has 0 atom stereocenters. The number of aliphatic hydroxyl groups excluding tert-OH is 2. The van der Waals surface area contributed by atoms with E-state index in [4.69, 9.17) is 0 Å². The second kappa shape index (κ2) is 5.03. The van der Waals surface area contributed by atoms with Gasteiger partial charge < -0.3 is 20.5 Å². The van der Waals surface area contributed by atoms with Crippen LogP contribution in [0.25, 0.3) is 10.9 Å². The summed E-state index contributed by atoms with van der Waals surface area (Å²) >= 11 is 0. The quantitative estimate of drug-likeness (QED) is 0.662. The molecule has 4 N–H and O–H groups in total. The van der Waals surface area contributed by atoms with E-state index in [0.717, 1.165) is 16.6 Å². The van der Waals surface area contributed by atoms with Gasteiger partial charge in [0.25, 0.3) is 5.91 Å². The van der Waals surface area contributed by atoms with Crippen LogP contribution in [0, 0.1) is 6.92 Å². The summed E-state index contributed by atoms with van der Waals surface area (Å²) in [4.78, 5) is 15.5. The molecule has 2 aromatic rings. The van der Waals surface area contributed by atoms with E-state index in [1.165, 1.54) is 0 Å². The van der Waals surface area contributed by atoms with Crippen molar-refractivity contribution < 1.29 is 15.0 Å². The molecule has 1 aromatic heterocycles. The highest BCUT2D eigenvalue weighted by molar-refractivity contribution is 6.08. The number of aryl methyl sites for hydroxylation is 1. The van der Waals surface area contributed by atoms with Crippen LogP contribution in [0.5, 0.6) is 0 Å². The molecule has 102 valence electrons. The summed E-state index contributed by atoms with van der Waals surface area (Å²) in [6.07, 6.45) is 0. The standard InChI is InChI=1S/C14H18N2O3/c1-9-12(10-5-3-4-6-11(10)15-9)13(19)16-14(2,7-17)8-18/h3-6,15,17-18H,7-8H2,1-2H3,(H,16,19). The lowest BCUT2D eigenvalue weighted by molar-refractivity contribution is 0.0724. The van der Waals surface area contributed by atoms with Gasteiger partial charge in [-0.25, -0.2) is 0 Å². The molecule has 0 fully saturated rings. The first kappa shape index (κ1) is 13.6. The van der Waals surface area contributed by atoms with E-state index in [1.807, 2.05) is 31.2 Å². The molecule has 5 heteroatoms. The van der Waals surface area contributed by atoms with E-state index in [9.17, 15) is 15.0 Å². The van der Waals surface area contributed by atoms with Crippen molar-refractivity contribution in [3.8, 4) is 0 Å². The summed E-state index contributed by atoms with van der Waals surface area (Å²) in [6.45, 7) is 2.77. The third-order valence-electron chi connectivity index (χ3n) is 3.23. The van der Waals surface area contributed by atoms with Crippen molar-refractivity contribution in [1.29, 1.82) is 0 Å². The Balaban J connectivity index is 2.39. The highest BCUT2D eigenvalue weighted by atomic mass is 16.3. The predicted molar refractivity (Wildman–Crippen MR) is 73.1 cm³/mol. The first-order valence-electron chi connectivity index (χ1n) is 6.12. The molecule has 0 aliphatic carbocycles. The van der Waals surface area contributed by atoms with Crippen molar-refractivity contribution in [2.45, 2.75) is 19.4 Å². The van der Waals surface area contributed by atoms with Gasteiger partial charge >= 0.3 is 0 Å². The molecule has 0 unspecified atom stereocenters. The van der Waals surface area contributed by atoms with Crippen LogP contribution in [0.2, 0.25) is 0 Å². The summed E-state index contributed by atoms with van der Waals surface area (Å²) in [5.74, 6) is -0.305. The Morgan fingerprint density at radius 3 is 2.58 bits per heavy atom. The smallest absolute Gasteiger partial charge is 0.254 e. The lowest BCUT2D eigenvalue weighted by Crippen LogP contribution is -2.51. The van der Waals surface area contributed by atoms with Gasteiger partial charge in [-0.2, -0.15) is 0 Å². The fourth-order valence-corrected chi connectivity index (χ4v) is 2.03. The van der Waals surface area contributed by atoms with Crippen LogP contribution in [0.1, 0.15) is 23.0 Å². The van der Waals surface area contributed by atoms with Gasteiger partial charge in [-0.15, -0.1) is 0 Å². The first-order valence-corrected chi connectivity index (χ1v) is 6.12. The zero-order valence-corrected chi connectivity index (χ0v) is 11.0. The maximum Gasteiger partial charge on any atom is 0.254 e. The SMILES string of the molecule is Cc1[nH]c2ccccc2c1C(=O)NC(C)(CO)CO. The van der Waals surface area contributed by atoms with Gasteiger partial charge in [0.1, 0.15) is 0 Å². The summed E-state index contributed by atoms with van der Waals surface area (Å²) in [6, 6.07) is 7.52. The van der Waals surface area contributed by atoms with Crippen LogP contribution in [0.4, 0.5) is 0 Å². The van der Waals surface area contributed by atoms with E-state index in [1.54, 1.807) is 6.92 Å². The van der Waals surface area contributed by atoms with Crippen molar-refractivity contribution in [2.75, 3.05) is 13.2 Å². The largest absolute Gasteiger partial charge is 0.394 e. The van der Waals surface area contributed by atoms with Crippen LogP contribution in [0.3, 0.4) is 0 Å². The van der Waals surface area contributed by atoms with Crippen LogP contribution in [0.15, 0.2) is 24.3 Å². The predicted octanol–water partition coefficient (Wildman–Crippen LogP) is 0.949. The summed E-state index contributed by atoms with van der Waals surface area (Å²) < 4.78 is 0. The Morgan fingerprint density at radius 1 is 1.32 bits per heavy atom. The average Bonchev–Trinajstić information content (AvgIpc) is 2.74. The van der Waals surface area contributed by atoms with E-state index in [-0.39, 0.29) is 19.1 Å². The molecule has 1 aromatic carbocycles. The lowest BCUT2D eigenvalue weighted by atomic mass is 10.0. The van der Waals surface area contributed by atoms with Crippen molar-refractivity contribution in [2.24, 2.45) is 0 Å². The number of aromatic nitrogens is 1. The molecule has 5 nitrogen and oxygen atoms in total. The molecular formula is C14H18N2O3. The maximum absolute atomic E-state index is 12.3. The highest BCUT2D eigenvalue weighted by Gasteiger charge is 2.27. The molecule has 0 bridgehead atoms. The van der Waals surface area contributed by atoms with Crippen molar-refractivity contribution in [3.63, 3.8) is 0 Å². The number of fused-ring (bicyclic) bond motifs is 1. The molecule has 2 rings (SSSR count). The van der Waals surface area contributed by atoms with Crippen LogP contribution in [-0.4, -0.2) is 39.9 Å². The van der Waals surface area contributed by atoms with Gasteiger partial charge in [0.05, 0.1) is 24.3 Å². The number of carbonyl (C=O) groups is 1. The summed E-state index contributed by atoms with van der Waals surface area (Å²) in [7, 11) is 0. The van der Waals surface area contributed by atoms with Crippen LogP contribution in [-0.2, 0) is 0 Å². The van der Waals surface area contributed by atoms with Crippen LogP contribution < -0.4 is 5.32 Å². The third kappa shape index (κ3) is 2.47. The Hall–Kier alpha value is -1.85. The van der Waals surface area contributed by atoms with Crippen LogP contribution >= 0.6 is 0 Å². The van der Waals surface area contributed by atoms with Gasteiger partial charge in [-0.1, -0.05) is 18.2 Å². The van der Waals surface area contributed by atoms with E-state index < -0.39 is 5.54 Å². The second-order valence-electron chi connectivity index (χ2n) is 5.00. The Morgan fingerprint density at radius 2 is 1.95 bits per heavy atom. The van der Waals surface area contributed by atoms with Gasteiger partial charge in [-0.05, 0) is 19.9 Å². The average molecular weight is 262 g/mol. The number of hydrogen-bond donors (Lipinski definition) is 4. The Labute approximate surface area is 111 Å². The number of amides is 1. The monoisotopic (exact) mass is 262 g/mol. The fourth-order valence-electron chi connectivity index (χ4n) is 2.03. The van der Waals surface area contributed by atoms with Crippen molar-refractivity contribution in [1.82, 2.24) is 10.3 Å². The number of hydrogen-bond acceptors (Lipinski definition) is 3. The number of carbonyl (C=O) groups excluding carboxylic acids is 1. The van der Waals surface area contributed by atoms with E-state index in [0.29, 0.717) is 5.56 Å². The Kier molecular flexibility index (Phi) is 3.59. The molecule has 0 aliphatic heterocycles. The first-order chi connectivity index (χ1) is 9.00. The van der Waals surface area contributed by atoms with Gasteiger partial charge in [-0.3, -0.25) is 4.79 Å². The minimum absolute atomic E-state index is 0.305. The molecule has 0 radical (unpaired) electrons. The third-order valence-corrected chi connectivity index (χ3v) is 3.23. The number of H-pyrrole nitrogens is 1. The van der Waals surface area contributed by atoms with Gasteiger partial charge in [0, 0.05) is 16.6 Å². The van der Waals surface area contributed by atoms with E-state index >= 15 is 0 Å². The number of benzene rings is 1. The Bertz CT molecular complexity index is 600. The molecule has 0 spiro atoms. The lowest BCUT2D eigenvalue weighted by Gasteiger charge is -2.26. The highest BCUT2D eigenvalue weighted by Crippen LogP contribution is 2.22. The molecule has 1 heterocycles. The van der Waals surface area contributed by atoms with Crippen molar-refractivity contribution in [3.05, 3.63) is 35.5 Å². The number of nitrogens with one attached hydrogen (secondary N) is 2. The zero-order valence-electron chi connectivity index (χ0n) is 11.0. The maximum atomic E-state index is 12.3. The molecule has 0 aliphatic rings. The van der Waals surface area contributed by atoms with Gasteiger partial charge in [0.2, 0.25) is 0 Å². The number of aliphatic hydroxyl groups is 2. The normalized spacial score (nSPS) is 11.8. The number of para-hydroxylation sites is 1. The van der Waals surface area contributed by atoms with E-state index in [2.05, 4.69) is 10.3 Å². The minimum Gasteiger partial charge on any atom is -0.394 e. The van der Waals surface area contributed by atoms with Crippen molar-refractivity contribution >= 4 is 16.8 Å². The summed E-state index contributed by atoms with van der Waals surface area (Å²) in [5.41, 5.74) is 1.17. The molecule has 0 saturated carbocycles. The summed E-state index contributed by atoms with van der Waals surface area (Å²) in [5, 5.41) is 22.0. The topological polar surface area (TPSA) is 85.4 Å². The number of aromatic amines is 1. The molecular weight excluding hydrogens is 244 g/mol. The molecule has 0 saturated heterocycles. The fraction of sp³-hybridized carbons (Fsp3) is 0.357. The van der Waals surface area contributed by atoms with Gasteiger partial charge in [0.15, 0.2) is 0 Å². The number of rotatable bonds is 4. The second-order valence-corrected chi connectivity index (χ2v) is 5.00. The minimum atomic E-state index is -1.03.